The molecule has 0 bridgehead atoms. The van der Waals surface area contributed by atoms with Gasteiger partial charge in [0.05, 0.1) is 6.10 Å². The summed E-state index contributed by atoms with van der Waals surface area (Å²) in [4.78, 5) is 11.7. The number of hydrogen-bond donors (Lipinski definition) is 2. The number of rotatable bonds is 5. The van der Waals surface area contributed by atoms with E-state index >= 15 is 0 Å². The summed E-state index contributed by atoms with van der Waals surface area (Å²) in [7, 11) is 1.38. The van der Waals surface area contributed by atoms with Gasteiger partial charge in [-0.25, -0.2) is 0 Å². The zero-order valence-corrected chi connectivity index (χ0v) is 11.9. The Hall–Kier alpha value is -0.690. The van der Waals surface area contributed by atoms with Gasteiger partial charge in [-0.15, -0.1) is 0 Å². The Morgan fingerprint density at radius 2 is 2.00 bits per heavy atom. The third kappa shape index (κ3) is 4.14. The average Bonchev–Trinajstić information content (AvgIpc) is 2.38. The molecule has 1 fully saturated rings. The monoisotopic (exact) mass is 276 g/mol. The fourth-order valence-corrected chi connectivity index (χ4v) is 1.99. The maximum absolute atomic E-state index is 11.7. The van der Waals surface area contributed by atoms with Gasteiger partial charge in [-0.05, 0) is 12.8 Å². The summed E-state index contributed by atoms with van der Waals surface area (Å²) in [5.41, 5.74) is 0. The molecule has 0 aliphatic carbocycles. The van der Waals surface area contributed by atoms with Crippen molar-refractivity contribution in [2.75, 3.05) is 7.11 Å². The van der Waals surface area contributed by atoms with Gasteiger partial charge >= 0.3 is 5.97 Å². The number of carbonyl (C=O) groups excluding carboxylic acids is 1. The standard InChI is InChI=1S/C13H24O6/c1-5-7(2)6-9(14)19-12-8(3)18-13(17-4)11(16)10(12)15/h7-8,10-13,15-16H,5-6H2,1-4H3/t7-,8-,10-,11-,12-,13+/m1/s1. The van der Waals surface area contributed by atoms with Gasteiger partial charge in [-0.1, -0.05) is 20.3 Å². The quantitative estimate of drug-likeness (QED) is 0.709. The Bertz CT molecular complexity index is 295. The van der Waals surface area contributed by atoms with Crippen LogP contribution < -0.4 is 0 Å². The molecular weight excluding hydrogens is 252 g/mol. The lowest BCUT2D eigenvalue weighted by Gasteiger charge is -2.40. The number of aliphatic hydroxyl groups excluding tert-OH is 2. The molecule has 2 N–H and O–H groups in total. The lowest BCUT2D eigenvalue weighted by Crippen LogP contribution is -2.58. The summed E-state index contributed by atoms with van der Waals surface area (Å²) in [6, 6.07) is 0. The summed E-state index contributed by atoms with van der Waals surface area (Å²) in [5, 5.41) is 19.7. The van der Waals surface area contributed by atoms with E-state index in [0.717, 1.165) is 6.42 Å². The second-order valence-electron chi connectivity index (χ2n) is 5.10. The molecule has 0 spiro atoms. The van der Waals surface area contributed by atoms with E-state index in [2.05, 4.69) is 0 Å². The third-order valence-electron chi connectivity index (χ3n) is 3.49. The molecule has 6 atom stereocenters. The van der Waals surface area contributed by atoms with Crippen LogP contribution in [0.3, 0.4) is 0 Å². The number of hydrogen-bond acceptors (Lipinski definition) is 6. The molecular formula is C13H24O6. The molecule has 1 heterocycles. The van der Waals surface area contributed by atoms with E-state index in [1.165, 1.54) is 7.11 Å². The van der Waals surface area contributed by atoms with E-state index in [9.17, 15) is 15.0 Å². The highest BCUT2D eigenvalue weighted by molar-refractivity contribution is 5.70. The van der Waals surface area contributed by atoms with Crippen LogP contribution in [0.5, 0.6) is 0 Å². The van der Waals surface area contributed by atoms with E-state index in [1.807, 2.05) is 13.8 Å². The second-order valence-corrected chi connectivity index (χ2v) is 5.10. The number of ether oxygens (including phenoxy) is 3. The summed E-state index contributed by atoms with van der Waals surface area (Å²) < 4.78 is 15.5. The summed E-state index contributed by atoms with van der Waals surface area (Å²) in [5.74, 6) is -0.168. The first kappa shape index (κ1) is 16.4. The van der Waals surface area contributed by atoms with Crippen molar-refractivity contribution in [3.63, 3.8) is 0 Å². The van der Waals surface area contributed by atoms with E-state index in [0.29, 0.717) is 0 Å². The van der Waals surface area contributed by atoms with Crippen LogP contribution in [0.15, 0.2) is 0 Å². The summed E-state index contributed by atoms with van der Waals surface area (Å²) in [6.07, 6.45) is -3.60. The van der Waals surface area contributed by atoms with E-state index in [-0.39, 0.29) is 12.3 Å². The molecule has 0 amide bonds. The minimum atomic E-state index is -1.23. The van der Waals surface area contributed by atoms with Crippen molar-refractivity contribution in [3.8, 4) is 0 Å². The van der Waals surface area contributed by atoms with Crippen LogP contribution in [0.25, 0.3) is 0 Å². The van der Waals surface area contributed by atoms with Gasteiger partial charge in [-0.3, -0.25) is 4.79 Å². The maximum Gasteiger partial charge on any atom is 0.306 e. The Morgan fingerprint density at radius 1 is 1.37 bits per heavy atom. The van der Waals surface area contributed by atoms with E-state index < -0.39 is 36.7 Å². The van der Waals surface area contributed by atoms with Crippen molar-refractivity contribution in [3.05, 3.63) is 0 Å². The molecule has 6 nitrogen and oxygen atoms in total. The first-order chi connectivity index (χ1) is 8.90. The highest BCUT2D eigenvalue weighted by atomic mass is 16.7. The van der Waals surface area contributed by atoms with Crippen molar-refractivity contribution in [1.29, 1.82) is 0 Å². The van der Waals surface area contributed by atoms with Gasteiger partial charge in [0.25, 0.3) is 0 Å². The van der Waals surface area contributed by atoms with Crippen LogP contribution in [0.1, 0.15) is 33.6 Å². The lowest BCUT2D eigenvalue weighted by molar-refractivity contribution is -0.289. The molecule has 0 aromatic rings. The number of esters is 1. The molecule has 112 valence electrons. The number of carbonyl (C=O) groups is 1. The fraction of sp³-hybridized carbons (Fsp3) is 0.923. The first-order valence-electron chi connectivity index (χ1n) is 6.64. The Balaban J connectivity index is 2.59. The van der Waals surface area contributed by atoms with Crippen molar-refractivity contribution < 1.29 is 29.2 Å². The van der Waals surface area contributed by atoms with Crippen molar-refractivity contribution in [2.24, 2.45) is 5.92 Å². The van der Waals surface area contributed by atoms with E-state index in [4.69, 9.17) is 14.2 Å². The van der Waals surface area contributed by atoms with Crippen molar-refractivity contribution in [2.45, 2.75) is 64.3 Å². The molecule has 1 rings (SSSR count). The van der Waals surface area contributed by atoms with Crippen LogP contribution in [-0.2, 0) is 19.0 Å². The molecule has 0 radical (unpaired) electrons. The first-order valence-corrected chi connectivity index (χ1v) is 6.64. The molecule has 1 aliphatic rings. The zero-order valence-electron chi connectivity index (χ0n) is 11.9. The smallest absolute Gasteiger partial charge is 0.306 e. The fourth-order valence-electron chi connectivity index (χ4n) is 1.99. The summed E-state index contributed by atoms with van der Waals surface area (Å²) in [6.45, 7) is 5.61. The van der Waals surface area contributed by atoms with Gasteiger partial charge in [0.2, 0.25) is 0 Å². The average molecular weight is 276 g/mol. The number of methoxy groups -OCH3 is 1. The SMILES string of the molecule is CC[C@@H](C)CC(=O)O[C@H]1[C@H](O)[C@@H](O)[C@@H](OC)O[C@@H]1C. The molecule has 19 heavy (non-hydrogen) atoms. The topological polar surface area (TPSA) is 85.2 Å². The molecule has 0 aromatic carbocycles. The van der Waals surface area contributed by atoms with Gasteiger partial charge in [0.15, 0.2) is 12.4 Å². The Labute approximate surface area is 113 Å². The highest BCUT2D eigenvalue weighted by Crippen LogP contribution is 2.24. The molecule has 0 aromatic heterocycles. The predicted octanol–water partition coefficient (Wildman–Crippen LogP) is 0.447. The van der Waals surface area contributed by atoms with Crippen LogP contribution in [0.4, 0.5) is 0 Å². The molecule has 0 saturated carbocycles. The maximum atomic E-state index is 11.7. The Morgan fingerprint density at radius 3 is 2.53 bits per heavy atom. The largest absolute Gasteiger partial charge is 0.457 e. The van der Waals surface area contributed by atoms with Crippen LogP contribution >= 0.6 is 0 Å². The summed E-state index contributed by atoms with van der Waals surface area (Å²) >= 11 is 0. The Kier molecular flexibility index (Phi) is 6.19. The molecule has 0 unspecified atom stereocenters. The molecule has 1 aliphatic heterocycles. The second kappa shape index (κ2) is 7.19. The van der Waals surface area contributed by atoms with Crippen LogP contribution in [-0.4, -0.2) is 54.0 Å². The highest BCUT2D eigenvalue weighted by Gasteiger charge is 2.45. The van der Waals surface area contributed by atoms with Crippen LogP contribution in [0, 0.1) is 5.92 Å². The van der Waals surface area contributed by atoms with Gasteiger partial charge in [0.1, 0.15) is 12.2 Å². The van der Waals surface area contributed by atoms with Gasteiger partial charge < -0.3 is 24.4 Å². The van der Waals surface area contributed by atoms with Gasteiger partial charge in [0, 0.05) is 13.5 Å². The third-order valence-corrected chi connectivity index (χ3v) is 3.49. The van der Waals surface area contributed by atoms with E-state index in [1.54, 1.807) is 6.92 Å². The predicted molar refractivity (Wildman–Crippen MR) is 67.3 cm³/mol. The molecule has 1 saturated heterocycles. The lowest BCUT2D eigenvalue weighted by atomic mass is 9.99. The van der Waals surface area contributed by atoms with Crippen molar-refractivity contribution >= 4 is 5.97 Å². The minimum Gasteiger partial charge on any atom is -0.457 e. The van der Waals surface area contributed by atoms with Gasteiger partial charge in [-0.2, -0.15) is 0 Å². The van der Waals surface area contributed by atoms with Crippen molar-refractivity contribution in [1.82, 2.24) is 0 Å². The minimum absolute atomic E-state index is 0.223. The normalized spacial score (nSPS) is 36.8. The zero-order chi connectivity index (χ0) is 14.6. The van der Waals surface area contributed by atoms with Crippen LogP contribution in [0.2, 0.25) is 0 Å². The molecule has 6 heteroatoms. The number of aliphatic hydroxyl groups is 2.